The van der Waals surface area contributed by atoms with Crippen LogP contribution in [0.2, 0.25) is 0 Å². The van der Waals surface area contributed by atoms with Crippen molar-refractivity contribution in [3.63, 3.8) is 0 Å². The number of nitrogens with zero attached hydrogens (tertiary/aromatic N) is 2. The van der Waals surface area contributed by atoms with E-state index >= 15 is 0 Å². The Morgan fingerprint density at radius 2 is 2.04 bits per heavy atom. The number of pyridine rings is 1. The van der Waals surface area contributed by atoms with Crippen LogP contribution in [0.3, 0.4) is 0 Å². The van der Waals surface area contributed by atoms with E-state index in [4.69, 9.17) is 4.74 Å². The van der Waals surface area contributed by atoms with Crippen LogP contribution >= 0.6 is 0 Å². The number of aliphatic hydroxyl groups excluding tert-OH is 1. The Morgan fingerprint density at radius 1 is 1.25 bits per heavy atom. The van der Waals surface area contributed by atoms with Crippen LogP contribution in [0.1, 0.15) is 36.5 Å². The van der Waals surface area contributed by atoms with Crippen molar-refractivity contribution in [1.29, 1.82) is 0 Å². The van der Waals surface area contributed by atoms with Crippen LogP contribution in [-0.4, -0.2) is 48.5 Å². The maximum absolute atomic E-state index is 10.3. The first-order valence-corrected chi connectivity index (χ1v) is 10.2. The molecule has 2 fully saturated rings. The molecule has 1 aromatic carbocycles. The number of rotatable bonds is 5. The molecule has 2 aliphatic rings. The van der Waals surface area contributed by atoms with Gasteiger partial charge in [-0.25, -0.2) is 4.98 Å². The molecule has 0 amide bonds. The molecule has 3 heterocycles. The van der Waals surface area contributed by atoms with E-state index in [1.54, 1.807) is 0 Å². The summed E-state index contributed by atoms with van der Waals surface area (Å²) in [6.07, 6.45) is 1.73. The number of benzene rings is 1. The summed E-state index contributed by atoms with van der Waals surface area (Å²) in [5.74, 6) is 2.25. The normalized spacial score (nSPS) is 26.2. The molecule has 2 aromatic rings. The molecule has 1 aromatic heterocycles. The van der Waals surface area contributed by atoms with Gasteiger partial charge in [-0.15, -0.1) is 0 Å². The molecule has 2 aliphatic heterocycles. The van der Waals surface area contributed by atoms with Gasteiger partial charge in [-0.05, 0) is 49.6 Å². The molecule has 0 saturated carbocycles. The number of nitrogens with one attached hydrogen (secondary N) is 1. The van der Waals surface area contributed by atoms with Crippen LogP contribution in [0.15, 0.2) is 36.5 Å². The molecule has 0 radical (unpaired) electrons. The average molecular weight is 382 g/mol. The standard InChI is InChI=1S/C23H31N3O2/c1-15-5-8-22(25-10-15)26-12-19(13-26)28-21-9-18(7-6-16(21)2)20-11-24-14-23(20,4)17(3)27/h5-10,17,19-20,24,27H,11-14H2,1-4H3/t17-,20+,23+/m1/s1. The van der Waals surface area contributed by atoms with Gasteiger partial charge in [0.1, 0.15) is 17.7 Å². The van der Waals surface area contributed by atoms with Crippen molar-refractivity contribution >= 4 is 5.82 Å². The molecule has 3 atom stereocenters. The summed E-state index contributed by atoms with van der Waals surface area (Å²) in [4.78, 5) is 6.74. The van der Waals surface area contributed by atoms with E-state index in [1.807, 2.05) is 13.1 Å². The van der Waals surface area contributed by atoms with Crippen LogP contribution in [0.25, 0.3) is 0 Å². The zero-order valence-corrected chi connectivity index (χ0v) is 17.3. The molecule has 150 valence electrons. The van der Waals surface area contributed by atoms with E-state index in [0.717, 1.165) is 43.3 Å². The first-order valence-electron chi connectivity index (χ1n) is 10.2. The minimum atomic E-state index is -0.361. The molecule has 2 saturated heterocycles. The van der Waals surface area contributed by atoms with Crippen LogP contribution in [-0.2, 0) is 0 Å². The van der Waals surface area contributed by atoms with Crippen LogP contribution in [0.5, 0.6) is 5.75 Å². The topological polar surface area (TPSA) is 57.6 Å². The second-order valence-corrected chi connectivity index (χ2v) is 8.73. The Hall–Kier alpha value is -2.11. The molecule has 5 nitrogen and oxygen atoms in total. The highest BCUT2D eigenvalue weighted by Crippen LogP contribution is 2.43. The lowest BCUT2D eigenvalue weighted by Gasteiger charge is -2.40. The monoisotopic (exact) mass is 381 g/mol. The Labute approximate surface area is 167 Å². The predicted octanol–water partition coefficient (Wildman–Crippen LogP) is 3.04. The zero-order chi connectivity index (χ0) is 19.9. The van der Waals surface area contributed by atoms with Crippen molar-refractivity contribution in [3.05, 3.63) is 53.2 Å². The fourth-order valence-corrected chi connectivity index (χ4v) is 4.27. The lowest BCUT2D eigenvalue weighted by atomic mass is 9.72. The van der Waals surface area contributed by atoms with E-state index < -0.39 is 0 Å². The number of ether oxygens (including phenoxy) is 1. The van der Waals surface area contributed by atoms with Gasteiger partial charge in [0.15, 0.2) is 0 Å². The maximum atomic E-state index is 10.3. The summed E-state index contributed by atoms with van der Waals surface area (Å²) >= 11 is 0. The molecule has 5 heteroatoms. The van der Waals surface area contributed by atoms with Crippen molar-refractivity contribution < 1.29 is 9.84 Å². The molecular weight excluding hydrogens is 350 g/mol. The summed E-state index contributed by atoms with van der Waals surface area (Å²) in [5.41, 5.74) is 3.41. The lowest BCUT2D eigenvalue weighted by molar-refractivity contribution is 0.0548. The van der Waals surface area contributed by atoms with Crippen molar-refractivity contribution in [1.82, 2.24) is 10.3 Å². The Bertz CT molecular complexity index is 830. The first kappa shape index (κ1) is 19.2. The van der Waals surface area contributed by atoms with Crippen molar-refractivity contribution in [2.45, 2.75) is 45.8 Å². The Balaban J connectivity index is 1.45. The third kappa shape index (κ3) is 3.49. The van der Waals surface area contributed by atoms with Crippen molar-refractivity contribution in [2.24, 2.45) is 5.41 Å². The van der Waals surface area contributed by atoms with Gasteiger partial charge in [0.05, 0.1) is 19.2 Å². The minimum absolute atomic E-state index is 0.156. The number of aromatic nitrogens is 1. The molecule has 0 unspecified atom stereocenters. The summed E-state index contributed by atoms with van der Waals surface area (Å²) < 4.78 is 6.33. The zero-order valence-electron chi connectivity index (χ0n) is 17.3. The van der Waals surface area contributed by atoms with Gasteiger partial charge in [-0.2, -0.15) is 0 Å². The van der Waals surface area contributed by atoms with Crippen molar-refractivity contribution in [3.8, 4) is 5.75 Å². The SMILES string of the molecule is Cc1ccc(N2CC(Oc3cc([C@@H]4CNC[C@@]4(C)[C@@H](C)O)ccc3C)C2)nc1. The van der Waals surface area contributed by atoms with E-state index in [0.29, 0.717) is 0 Å². The quantitative estimate of drug-likeness (QED) is 0.834. The van der Waals surface area contributed by atoms with Gasteiger partial charge < -0.3 is 20.1 Å². The molecule has 0 spiro atoms. The Kier molecular flexibility index (Phi) is 5.06. The molecule has 4 rings (SSSR count). The van der Waals surface area contributed by atoms with Gasteiger partial charge in [0.25, 0.3) is 0 Å². The summed E-state index contributed by atoms with van der Waals surface area (Å²) in [6, 6.07) is 10.7. The molecular formula is C23H31N3O2. The predicted molar refractivity (Wildman–Crippen MR) is 112 cm³/mol. The molecule has 0 aliphatic carbocycles. The fourth-order valence-electron chi connectivity index (χ4n) is 4.27. The summed E-state index contributed by atoms with van der Waals surface area (Å²) in [7, 11) is 0. The van der Waals surface area contributed by atoms with E-state index in [9.17, 15) is 5.11 Å². The first-order chi connectivity index (χ1) is 13.4. The van der Waals surface area contributed by atoms with Gasteiger partial charge in [0, 0.05) is 30.6 Å². The number of aryl methyl sites for hydroxylation is 2. The number of aliphatic hydroxyl groups is 1. The second kappa shape index (κ2) is 7.37. The molecule has 0 bridgehead atoms. The smallest absolute Gasteiger partial charge is 0.134 e. The fraction of sp³-hybridized carbons (Fsp3) is 0.522. The van der Waals surface area contributed by atoms with Gasteiger partial charge >= 0.3 is 0 Å². The van der Waals surface area contributed by atoms with Gasteiger partial charge in [0.2, 0.25) is 0 Å². The van der Waals surface area contributed by atoms with Crippen molar-refractivity contribution in [2.75, 3.05) is 31.1 Å². The third-order valence-electron chi connectivity index (χ3n) is 6.58. The largest absolute Gasteiger partial charge is 0.486 e. The van der Waals surface area contributed by atoms with Gasteiger partial charge in [-0.3, -0.25) is 0 Å². The van der Waals surface area contributed by atoms with Gasteiger partial charge in [-0.1, -0.05) is 25.1 Å². The highest BCUT2D eigenvalue weighted by atomic mass is 16.5. The average Bonchev–Trinajstić information content (AvgIpc) is 3.03. The maximum Gasteiger partial charge on any atom is 0.134 e. The van der Waals surface area contributed by atoms with E-state index in [2.05, 4.69) is 66.3 Å². The Morgan fingerprint density at radius 3 is 2.71 bits per heavy atom. The highest BCUT2D eigenvalue weighted by Gasteiger charge is 2.43. The summed E-state index contributed by atoms with van der Waals surface area (Å²) in [5, 5.41) is 13.8. The van der Waals surface area contributed by atoms with E-state index in [1.165, 1.54) is 11.1 Å². The highest BCUT2D eigenvalue weighted by molar-refractivity contribution is 5.44. The number of hydrogen-bond donors (Lipinski definition) is 2. The van der Waals surface area contributed by atoms with E-state index in [-0.39, 0.29) is 23.5 Å². The lowest BCUT2D eigenvalue weighted by Crippen LogP contribution is -2.54. The van der Waals surface area contributed by atoms with Crippen LogP contribution in [0.4, 0.5) is 5.82 Å². The minimum Gasteiger partial charge on any atom is -0.486 e. The second-order valence-electron chi connectivity index (χ2n) is 8.73. The molecule has 28 heavy (non-hydrogen) atoms. The summed E-state index contributed by atoms with van der Waals surface area (Å²) in [6.45, 7) is 11.6. The van der Waals surface area contributed by atoms with Crippen LogP contribution < -0.4 is 15.0 Å². The van der Waals surface area contributed by atoms with Crippen LogP contribution in [0, 0.1) is 19.3 Å². The number of hydrogen-bond acceptors (Lipinski definition) is 5. The molecule has 2 N–H and O–H groups in total. The number of anilines is 1. The third-order valence-corrected chi connectivity index (χ3v) is 6.58.